The average molecular weight is 685 g/mol. The maximum atomic E-state index is 13.7. The number of carbonyl (C=O) groups is 2. The number of nitrogens with one attached hydrogen (secondary N) is 3. The van der Waals surface area contributed by atoms with Gasteiger partial charge in [-0.1, -0.05) is 44.5 Å². The molecule has 2 amide bonds. The molecule has 0 spiro atoms. The summed E-state index contributed by atoms with van der Waals surface area (Å²) in [6, 6.07) is 16.3. The SMILES string of the molecule is Cc1c(NC(=O)c2cc(CC3CC3)c(CN3CCCCC3)cn2)cccc1-c1cccc(NC(=O)c2cc(C3CC3)c(CNC(C)C)cn2)c1C. The van der Waals surface area contributed by atoms with Crippen LogP contribution >= 0.6 is 0 Å². The van der Waals surface area contributed by atoms with E-state index < -0.39 is 0 Å². The molecule has 2 aliphatic carbocycles. The number of hydrogen-bond acceptors (Lipinski definition) is 6. The Morgan fingerprint density at radius 1 is 0.765 bits per heavy atom. The molecule has 1 aliphatic heterocycles. The lowest BCUT2D eigenvalue weighted by molar-refractivity contribution is 0.101. The van der Waals surface area contributed by atoms with Crippen molar-refractivity contribution in [3.8, 4) is 11.1 Å². The van der Waals surface area contributed by atoms with Crippen LogP contribution in [0.3, 0.4) is 0 Å². The maximum absolute atomic E-state index is 13.7. The number of benzene rings is 2. The van der Waals surface area contributed by atoms with Crippen molar-refractivity contribution in [1.82, 2.24) is 20.2 Å². The second kappa shape index (κ2) is 15.5. The molecule has 0 atom stereocenters. The van der Waals surface area contributed by atoms with E-state index >= 15 is 0 Å². The molecule has 0 bridgehead atoms. The van der Waals surface area contributed by atoms with Crippen molar-refractivity contribution in [3.05, 3.63) is 106 Å². The van der Waals surface area contributed by atoms with Gasteiger partial charge in [-0.2, -0.15) is 0 Å². The van der Waals surface area contributed by atoms with Gasteiger partial charge in [-0.05, 0) is 152 Å². The highest BCUT2D eigenvalue weighted by atomic mass is 16.2. The molecule has 0 unspecified atom stereocenters. The number of nitrogens with zero attached hydrogens (tertiary/aromatic N) is 3. The zero-order valence-corrected chi connectivity index (χ0v) is 30.6. The fourth-order valence-electron chi connectivity index (χ4n) is 7.33. The molecular weight excluding hydrogens is 633 g/mol. The van der Waals surface area contributed by atoms with Gasteiger partial charge in [0.1, 0.15) is 11.4 Å². The van der Waals surface area contributed by atoms with E-state index in [-0.39, 0.29) is 11.8 Å². The molecule has 2 saturated carbocycles. The van der Waals surface area contributed by atoms with E-state index in [1.807, 2.05) is 62.6 Å². The molecule has 8 nitrogen and oxygen atoms in total. The number of piperidine rings is 1. The van der Waals surface area contributed by atoms with E-state index in [4.69, 9.17) is 0 Å². The Morgan fingerprint density at radius 3 is 1.92 bits per heavy atom. The summed E-state index contributed by atoms with van der Waals surface area (Å²) in [6.07, 6.45) is 13.5. The van der Waals surface area contributed by atoms with Crippen molar-refractivity contribution in [2.24, 2.45) is 5.92 Å². The third-order valence-corrected chi connectivity index (χ3v) is 10.8. The van der Waals surface area contributed by atoms with Crippen molar-refractivity contribution >= 4 is 23.2 Å². The van der Waals surface area contributed by atoms with Crippen LogP contribution in [0.4, 0.5) is 11.4 Å². The quantitative estimate of drug-likeness (QED) is 0.131. The normalized spacial score (nSPS) is 16.3. The standard InChI is InChI=1S/C43H52N6O2/c1-27(2)44-23-33-24-45-41(22-37(33)31-16-17-31)43(51)48-39-13-9-11-36(29(39)4)35-10-8-12-38(28(35)3)47-42(50)40-21-32(20-30-14-15-30)34(25-46-40)26-49-18-6-5-7-19-49/h8-13,21-22,24-25,27,30-31,44H,5-7,14-20,23,26H2,1-4H3,(H,47,50)(H,48,51). The highest BCUT2D eigenvalue weighted by molar-refractivity contribution is 6.05. The number of carbonyl (C=O) groups excluding carboxylic acids is 2. The van der Waals surface area contributed by atoms with Gasteiger partial charge < -0.3 is 16.0 Å². The third kappa shape index (κ3) is 8.57. The summed E-state index contributed by atoms with van der Waals surface area (Å²) in [5.41, 5.74) is 11.2. The molecular formula is C43H52N6O2. The Kier molecular flexibility index (Phi) is 10.6. The lowest BCUT2D eigenvalue weighted by atomic mass is 9.94. The third-order valence-electron chi connectivity index (χ3n) is 10.8. The smallest absolute Gasteiger partial charge is 0.274 e. The van der Waals surface area contributed by atoms with Gasteiger partial charge >= 0.3 is 0 Å². The molecule has 1 saturated heterocycles. The first-order valence-electron chi connectivity index (χ1n) is 19.0. The first-order chi connectivity index (χ1) is 24.7. The highest BCUT2D eigenvalue weighted by Crippen LogP contribution is 2.42. The van der Waals surface area contributed by atoms with Crippen molar-refractivity contribution in [2.75, 3.05) is 23.7 Å². The van der Waals surface area contributed by atoms with Crippen LogP contribution in [0.15, 0.2) is 60.9 Å². The number of anilines is 2. The molecule has 7 rings (SSSR count). The Labute approximate surface area is 302 Å². The van der Waals surface area contributed by atoms with Gasteiger partial charge in [0.2, 0.25) is 0 Å². The van der Waals surface area contributed by atoms with E-state index in [0.717, 1.165) is 85.0 Å². The van der Waals surface area contributed by atoms with Crippen molar-refractivity contribution in [1.29, 1.82) is 0 Å². The molecule has 0 radical (unpaired) electrons. The Morgan fingerprint density at radius 2 is 1.35 bits per heavy atom. The van der Waals surface area contributed by atoms with Gasteiger partial charge in [-0.15, -0.1) is 0 Å². The molecule has 3 aliphatic rings. The van der Waals surface area contributed by atoms with E-state index in [1.54, 1.807) is 0 Å². The van der Waals surface area contributed by atoms with Gasteiger partial charge in [0, 0.05) is 42.9 Å². The first-order valence-corrected chi connectivity index (χ1v) is 19.0. The minimum absolute atomic E-state index is 0.196. The molecule has 266 valence electrons. The van der Waals surface area contributed by atoms with Crippen molar-refractivity contribution < 1.29 is 9.59 Å². The van der Waals surface area contributed by atoms with E-state index in [0.29, 0.717) is 23.3 Å². The minimum atomic E-state index is -0.214. The van der Waals surface area contributed by atoms with Crippen LogP contribution in [0.5, 0.6) is 0 Å². The topological polar surface area (TPSA) is 99.3 Å². The second-order valence-corrected chi connectivity index (χ2v) is 15.3. The Balaban J connectivity index is 1.07. The van der Waals surface area contributed by atoms with Crippen LogP contribution < -0.4 is 16.0 Å². The van der Waals surface area contributed by atoms with E-state index in [1.165, 1.54) is 54.4 Å². The van der Waals surface area contributed by atoms with Gasteiger partial charge in [-0.25, -0.2) is 0 Å². The second-order valence-electron chi connectivity index (χ2n) is 15.3. The minimum Gasteiger partial charge on any atom is -0.320 e. The lowest BCUT2D eigenvalue weighted by Gasteiger charge is -2.27. The van der Waals surface area contributed by atoms with Crippen LogP contribution in [0.25, 0.3) is 11.1 Å². The summed E-state index contributed by atoms with van der Waals surface area (Å²) in [6.45, 7) is 12.3. The average Bonchev–Trinajstić information content (AvgIpc) is 4.07. The summed E-state index contributed by atoms with van der Waals surface area (Å²) in [7, 11) is 0. The Hall–Kier alpha value is -4.40. The predicted molar refractivity (Wildman–Crippen MR) is 205 cm³/mol. The zero-order valence-electron chi connectivity index (χ0n) is 30.6. The number of aromatic nitrogens is 2. The lowest BCUT2D eigenvalue weighted by Crippen LogP contribution is -2.29. The van der Waals surface area contributed by atoms with E-state index in [9.17, 15) is 9.59 Å². The van der Waals surface area contributed by atoms with Crippen LogP contribution in [-0.4, -0.2) is 45.8 Å². The van der Waals surface area contributed by atoms with Gasteiger partial charge in [0.15, 0.2) is 0 Å². The zero-order chi connectivity index (χ0) is 35.5. The molecule has 3 fully saturated rings. The number of hydrogen-bond donors (Lipinski definition) is 3. The molecule has 8 heteroatoms. The Bertz CT molecular complexity index is 1900. The molecule has 4 aromatic rings. The maximum Gasteiger partial charge on any atom is 0.274 e. The van der Waals surface area contributed by atoms with Crippen LogP contribution in [0.1, 0.15) is 119 Å². The summed E-state index contributed by atoms with van der Waals surface area (Å²) >= 11 is 0. The van der Waals surface area contributed by atoms with Gasteiger partial charge in [0.25, 0.3) is 11.8 Å². The summed E-state index contributed by atoms with van der Waals surface area (Å²) in [5.74, 6) is 0.821. The monoisotopic (exact) mass is 684 g/mol. The van der Waals surface area contributed by atoms with Crippen LogP contribution in [0.2, 0.25) is 0 Å². The van der Waals surface area contributed by atoms with E-state index in [2.05, 4.69) is 56.8 Å². The summed E-state index contributed by atoms with van der Waals surface area (Å²) < 4.78 is 0. The summed E-state index contributed by atoms with van der Waals surface area (Å²) in [4.78, 5) is 39.0. The van der Waals surface area contributed by atoms with Gasteiger partial charge in [-0.3, -0.25) is 24.5 Å². The largest absolute Gasteiger partial charge is 0.320 e. The molecule has 3 N–H and O–H groups in total. The van der Waals surface area contributed by atoms with Crippen molar-refractivity contribution in [2.45, 2.75) is 104 Å². The van der Waals surface area contributed by atoms with Gasteiger partial charge in [0.05, 0.1) is 0 Å². The molecule has 2 aromatic carbocycles. The first kappa shape index (κ1) is 35.0. The fourth-order valence-corrected chi connectivity index (χ4v) is 7.33. The number of pyridine rings is 2. The van der Waals surface area contributed by atoms with Crippen molar-refractivity contribution in [3.63, 3.8) is 0 Å². The van der Waals surface area contributed by atoms with Crippen LogP contribution in [-0.2, 0) is 19.5 Å². The highest BCUT2D eigenvalue weighted by Gasteiger charge is 2.28. The number of amides is 2. The number of rotatable bonds is 13. The number of likely N-dealkylation sites (tertiary alicyclic amines) is 1. The molecule has 2 aromatic heterocycles. The summed E-state index contributed by atoms with van der Waals surface area (Å²) in [5, 5.41) is 9.79. The molecule has 51 heavy (non-hydrogen) atoms. The predicted octanol–water partition coefficient (Wildman–Crippen LogP) is 8.58. The van der Waals surface area contributed by atoms with Crippen LogP contribution in [0, 0.1) is 19.8 Å². The molecule has 3 heterocycles. The fraction of sp³-hybridized carbons (Fsp3) is 0.442.